The molecular weight excluding hydrogens is 224 g/mol. The number of amides is 1. The van der Waals surface area contributed by atoms with Crippen LogP contribution >= 0.6 is 0 Å². The lowest BCUT2D eigenvalue weighted by atomic mass is 9.74. The maximum absolute atomic E-state index is 12.8. The number of piperidine rings is 1. The first-order chi connectivity index (χ1) is 8.59. The van der Waals surface area contributed by atoms with Gasteiger partial charge in [0.15, 0.2) is 0 Å². The lowest BCUT2D eigenvalue weighted by molar-refractivity contribution is -0.143. The van der Waals surface area contributed by atoms with E-state index in [0.717, 1.165) is 57.2 Å². The monoisotopic (exact) mass is 252 g/mol. The van der Waals surface area contributed by atoms with E-state index in [1.54, 1.807) is 0 Å². The van der Waals surface area contributed by atoms with E-state index in [-0.39, 0.29) is 5.41 Å². The predicted molar refractivity (Wildman–Crippen MR) is 74.4 cm³/mol. The summed E-state index contributed by atoms with van der Waals surface area (Å²) in [5.41, 5.74) is -0.0626. The fourth-order valence-corrected chi connectivity index (χ4v) is 3.45. The number of rotatable bonds is 5. The zero-order valence-corrected chi connectivity index (χ0v) is 12.2. The highest BCUT2D eigenvalue weighted by Gasteiger charge is 2.42. The van der Waals surface area contributed by atoms with Gasteiger partial charge in [0.2, 0.25) is 5.91 Å². The lowest BCUT2D eigenvalue weighted by Crippen LogP contribution is -2.48. The highest BCUT2D eigenvalue weighted by Crippen LogP contribution is 2.40. The SMILES string of the molecule is CCCC1(C(=O)N(C)CC2CC2C)CCNCC1. The van der Waals surface area contributed by atoms with Gasteiger partial charge in [-0.2, -0.15) is 0 Å². The summed E-state index contributed by atoms with van der Waals surface area (Å²) in [5, 5.41) is 3.38. The Kier molecular flexibility index (Phi) is 4.31. The Bertz CT molecular complexity index is 291. The molecule has 3 nitrogen and oxygen atoms in total. The molecule has 0 spiro atoms. The number of hydrogen-bond acceptors (Lipinski definition) is 2. The number of nitrogens with one attached hydrogen (secondary N) is 1. The van der Waals surface area contributed by atoms with E-state index in [4.69, 9.17) is 0 Å². The third-order valence-electron chi connectivity index (χ3n) is 4.87. The first-order valence-corrected chi connectivity index (χ1v) is 7.55. The highest BCUT2D eigenvalue weighted by atomic mass is 16.2. The molecule has 0 aromatic heterocycles. The number of nitrogens with zero attached hydrogens (tertiary/aromatic N) is 1. The van der Waals surface area contributed by atoms with Gasteiger partial charge in [0.25, 0.3) is 0 Å². The van der Waals surface area contributed by atoms with Crippen LogP contribution in [0.4, 0.5) is 0 Å². The molecule has 2 unspecified atom stereocenters. The Balaban J connectivity index is 1.97. The molecule has 0 bridgehead atoms. The molecule has 1 amide bonds. The van der Waals surface area contributed by atoms with Crippen LogP contribution in [0, 0.1) is 17.3 Å². The van der Waals surface area contributed by atoms with Crippen LogP contribution in [0.2, 0.25) is 0 Å². The maximum atomic E-state index is 12.8. The number of hydrogen-bond donors (Lipinski definition) is 1. The summed E-state index contributed by atoms with van der Waals surface area (Å²) in [5.74, 6) is 2.00. The summed E-state index contributed by atoms with van der Waals surface area (Å²) in [6.45, 7) is 7.45. The smallest absolute Gasteiger partial charge is 0.228 e. The van der Waals surface area contributed by atoms with Crippen LogP contribution in [0.1, 0.15) is 46.0 Å². The normalized spacial score (nSPS) is 29.9. The van der Waals surface area contributed by atoms with Crippen molar-refractivity contribution < 1.29 is 4.79 Å². The zero-order valence-electron chi connectivity index (χ0n) is 12.2. The van der Waals surface area contributed by atoms with Crippen molar-refractivity contribution in [3.63, 3.8) is 0 Å². The van der Waals surface area contributed by atoms with Crippen molar-refractivity contribution in [2.75, 3.05) is 26.7 Å². The summed E-state index contributed by atoms with van der Waals surface area (Å²) in [6, 6.07) is 0. The number of carbonyl (C=O) groups is 1. The summed E-state index contributed by atoms with van der Waals surface area (Å²) in [6.07, 6.45) is 5.51. The van der Waals surface area contributed by atoms with Crippen LogP contribution in [0.3, 0.4) is 0 Å². The third-order valence-corrected chi connectivity index (χ3v) is 4.87. The van der Waals surface area contributed by atoms with Crippen molar-refractivity contribution in [1.29, 1.82) is 0 Å². The molecule has 2 rings (SSSR count). The van der Waals surface area contributed by atoms with E-state index in [1.165, 1.54) is 6.42 Å². The van der Waals surface area contributed by atoms with Gasteiger partial charge in [-0.05, 0) is 50.6 Å². The Morgan fingerprint density at radius 1 is 1.39 bits per heavy atom. The summed E-state index contributed by atoms with van der Waals surface area (Å²) < 4.78 is 0. The first-order valence-electron chi connectivity index (χ1n) is 7.55. The van der Waals surface area contributed by atoms with Crippen molar-refractivity contribution in [1.82, 2.24) is 10.2 Å². The van der Waals surface area contributed by atoms with E-state index in [9.17, 15) is 4.79 Å². The van der Waals surface area contributed by atoms with Gasteiger partial charge in [0, 0.05) is 13.6 Å². The van der Waals surface area contributed by atoms with Crippen LogP contribution in [0.25, 0.3) is 0 Å². The molecule has 1 N–H and O–H groups in total. The van der Waals surface area contributed by atoms with Gasteiger partial charge in [0.1, 0.15) is 0 Å². The fraction of sp³-hybridized carbons (Fsp3) is 0.933. The second-order valence-corrected chi connectivity index (χ2v) is 6.44. The van der Waals surface area contributed by atoms with Crippen molar-refractivity contribution in [2.24, 2.45) is 17.3 Å². The van der Waals surface area contributed by atoms with E-state index in [2.05, 4.69) is 19.2 Å². The molecule has 2 fully saturated rings. The highest BCUT2D eigenvalue weighted by molar-refractivity contribution is 5.82. The molecule has 1 heterocycles. The van der Waals surface area contributed by atoms with Crippen LogP contribution in [0.5, 0.6) is 0 Å². The first kappa shape index (κ1) is 13.9. The molecule has 18 heavy (non-hydrogen) atoms. The van der Waals surface area contributed by atoms with Gasteiger partial charge in [-0.25, -0.2) is 0 Å². The van der Waals surface area contributed by atoms with Crippen molar-refractivity contribution in [3.05, 3.63) is 0 Å². The minimum Gasteiger partial charge on any atom is -0.345 e. The molecule has 3 heteroatoms. The van der Waals surface area contributed by atoms with E-state index in [0.29, 0.717) is 5.91 Å². The average molecular weight is 252 g/mol. The summed E-state index contributed by atoms with van der Waals surface area (Å²) in [4.78, 5) is 14.8. The van der Waals surface area contributed by atoms with Crippen molar-refractivity contribution in [3.8, 4) is 0 Å². The van der Waals surface area contributed by atoms with Crippen molar-refractivity contribution >= 4 is 5.91 Å². The maximum Gasteiger partial charge on any atom is 0.228 e. The Hall–Kier alpha value is -0.570. The van der Waals surface area contributed by atoms with Gasteiger partial charge in [-0.15, -0.1) is 0 Å². The fourth-order valence-electron chi connectivity index (χ4n) is 3.45. The molecule has 0 aromatic rings. The van der Waals surface area contributed by atoms with Crippen molar-refractivity contribution in [2.45, 2.75) is 46.0 Å². The predicted octanol–water partition coefficient (Wildman–Crippen LogP) is 2.27. The topological polar surface area (TPSA) is 32.3 Å². The van der Waals surface area contributed by atoms with Crippen LogP contribution in [0.15, 0.2) is 0 Å². The molecule has 1 aliphatic carbocycles. The second kappa shape index (κ2) is 5.60. The minimum atomic E-state index is -0.0626. The number of carbonyl (C=O) groups excluding carboxylic acids is 1. The molecule has 0 aromatic carbocycles. The lowest BCUT2D eigenvalue weighted by Gasteiger charge is -2.39. The van der Waals surface area contributed by atoms with E-state index >= 15 is 0 Å². The quantitative estimate of drug-likeness (QED) is 0.814. The largest absolute Gasteiger partial charge is 0.345 e. The molecule has 2 atom stereocenters. The van der Waals surface area contributed by atoms with Gasteiger partial charge < -0.3 is 10.2 Å². The Morgan fingerprint density at radius 3 is 2.50 bits per heavy atom. The van der Waals surface area contributed by atoms with E-state index < -0.39 is 0 Å². The standard InChI is InChI=1S/C15H28N2O/c1-4-5-15(6-8-16-9-7-15)14(18)17(3)11-13-10-12(13)2/h12-13,16H,4-11H2,1-3H3. The average Bonchev–Trinajstić information content (AvgIpc) is 3.05. The van der Waals surface area contributed by atoms with Gasteiger partial charge in [-0.1, -0.05) is 20.3 Å². The molecule has 104 valence electrons. The summed E-state index contributed by atoms with van der Waals surface area (Å²) >= 11 is 0. The Morgan fingerprint density at radius 2 is 2.00 bits per heavy atom. The molecular formula is C15H28N2O. The zero-order chi connectivity index (χ0) is 13.2. The third kappa shape index (κ3) is 2.87. The Labute approximate surface area is 111 Å². The van der Waals surface area contributed by atoms with Crippen LogP contribution in [-0.4, -0.2) is 37.5 Å². The molecule has 2 aliphatic rings. The molecule has 1 saturated heterocycles. The van der Waals surface area contributed by atoms with Crippen LogP contribution < -0.4 is 5.32 Å². The van der Waals surface area contributed by atoms with Gasteiger partial charge >= 0.3 is 0 Å². The van der Waals surface area contributed by atoms with E-state index in [1.807, 2.05) is 11.9 Å². The van der Waals surface area contributed by atoms with Gasteiger partial charge in [0.05, 0.1) is 5.41 Å². The molecule has 1 aliphatic heterocycles. The van der Waals surface area contributed by atoms with Gasteiger partial charge in [-0.3, -0.25) is 4.79 Å². The second-order valence-electron chi connectivity index (χ2n) is 6.44. The molecule has 0 radical (unpaired) electrons. The van der Waals surface area contributed by atoms with Crippen LogP contribution in [-0.2, 0) is 4.79 Å². The molecule has 1 saturated carbocycles. The summed E-state index contributed by atoms with van der Waals surface area (Å²) in [7, 11) is 2.01. The minimum absolute atomic E-state index is 0.0626.